The van der Waals surface area contributed by atoms with Gasteiger partial charge < -0.3 is 4.90 Å². The average molecular weight is 317 g/mol. The Hall–Kier alpha value is -0.660. The van der Waals surface area contributed by atoms with Crippen molar-refractivity contribution in [1.82, 2.24) is 9.80 Å². The van der Waals surface area contributed by atoms with Gasteiger partial charge in [-0.2, -0.15) is 0 Å². The zero-order valence-corrected chi connectivity index (χ0v) is 13.6. The van der Waals surface area contributed by atoms with Gasteiger partial charge in [0.05, 0.1) is 5.75 Å². The Morgan fingerprint density at radius 1 is 1.29 bits per heavy atom. The summed E-state index contributed by atoms with van der Waals surface area (Å²) >= 11 is 0. The zero-order valence-electron chi connectivity index (χ0n) is 12.8. The van der Waals surface area contributed by atoms with Crippen LogP contribution in [-0.4, -0.2) is 62.1 Å². The Bertz CT molecular complexity index is 466. The largest absolute Gasteiger partial charge is 0.341 e. The van der Waals surface area contributed by atoms with Gasteiger partial charge in [-0.1, -0.05) is 13.3 Å². The molecule has 2 unspecified atom stereocenters. The number of hydrogen-bond donors (Lipinski definition) is 1. The van der Waals surface area contributed by atoms with Gasteiger partial charge in [-0.15, -0.1) is 0 Å². The molecule has 0 aromatic heterocycles. The second-order valence-electron chi connectivity index (χ2n) is 6.33. The summed E-state index contributed by atoms with van der Waals surface area (Å²) < 4.78 is 22.3. The number of amides is 1. The molecule has 0 aromatic carbocycles. The Kier molecular flexibility index (Phi) is 5.62. The molecule has 7 heteroatoms. The minimum atomic E-state index is -3.49. The fourth-order valence-electron chi connectivity index (χ4n) is 3.58. The molecule has 122 valence electrons. The maximum atomic E-state index is 12.0. The van der Waals surface area contributed by atoms with Crippen molar-refractivity contribution in [3.05, 3.63) is 0 Å². The number of carbonyl (C=O) groups excluding carboxylic acids is 1. The summed E-state index contributed by atoms with van der Waals surface area (Å²) in [5, 5.41) is 5.07. The summed E-state index contributed by atoms with van der Waals surface area (Å²) in [4.78, 5) is 16.2. The van der Waals surface area contributed by atoms with E-state index >= 15 is 0 Å². The lowest BCUT2D eigenvalue weighted by Crippen LogP contribution is -2.44. The first-order valence-electron chi connectivity index (χ1n) is 7.91. The first kappa shape index (κ1) is 16.7. The van der Waals surface area contributed by atoms with E-state index in [0.29, 0.717) is 25.6 Å². The van der Waals surface area contributed by atoms with Gasteiger partial charge in [0.1, 0.15) is 0 Å². The molecule has 0 aliphatic carbocycles. The van der Waals surface area contributed by atoms with Gasteiger partial charge in [0.15, 0.2) is 0 Å². The van der Waals surface area contributed by atoms with Gasteiger partial charge in [0, 0.05) is 38.0 Å². The highest BCUT2D eigenvalue weighted by Crippen LogP contribution is 2.21. The minimum absolute atomic E-state index is 0.0636. The molecule has 2 heterocycles. The number of hydrogen-bond acceptors (Lipinski definition) is 4. The number of likely N-dealkylation sites (tertiary alicyclic amines) is 2. The van der Waals surface area contributed by atoms with Crippen LogP contribution in [0.25, 0.3) is 0 Å². The SMILES string of the molecule is CCC1CCCCN1CCN1CC(CS(N)(=O)=O)CC1=O. The molecule has 2 saturated heterocycles. The van der Waals surface area contributed by atoms with E-state index in [4.69, 9.17) is 5.14 Å². The quantitative estimate of drug-likeness (QED) is 0.768. The standard InChI is InChI=1S/C14H27N3O3S/c1-2-13-5-3-4-6-16(13)7-8-17-10-12(9-14(17)18)11-21(15,19)20/h12-13H,2-11H2,1H3,(H2,15,19,20). The maximum Gasteiger partial charge on any atom is 0.223 e. The summed E-state index contributed by atoms with van der Waals surface area (Å²) in [6.07, 6.45) is 5.25. The normalized spacial score (nSPS) is 28.3. The van der Waals surface area contributed by atoms with Crippen LogP contribution in [0.4, 0.5) is 0 Å². The zero-order chi connectivity index (χ0) is 15.5. The highest BCUT2D eigenvalue weighted by Gasteiger charge is 2.32. The number of piperidine rings is 1. The van der Waals surface area contributed by atoms with E-state index in [2.05, 4.69) is 11.8 Å². The first-order chi connectivity index (χ1) is 9.89. The predicted molar refractivity (Wildman–Crippen MR) is 82.2 cm³/mol. The van der Waals surface area contributed by atoms with Gasteiger partial charge in [-0.05, 0) is 25.8 Å². The van der Waals surface area contributed by atoms with Gasteiger partial charge in [-0.25, -0.2) is 13.6 Å². The van der Waals surface area contributed by atoms with Crippen LogP contribution in [-0.2, 0) is 14.8 Å². The van der Waals surface area contributed by atoms with Crippen LogP contribution in [0.3, 0.4) is 0 Å². The van der Waals surface area contributed by atoms with Gasteiger partial charge in [0.2, 0.25) is 15.9 Å². The van der Waals surface area contributed by atoms with E-state index in [1.165, 1.54) is 19.3 Å². The third-order valence-electron chi connectivity index (χ3n) is 4.64. The molecule has 1 amide bonds. The lowest BCUT2D eigenvalue weighted by Gasteiger charge is -2.36. The first-order valence-corrected chi connectivity index (χ1v) is 9.63. The molecule has 6 nitrogen and oxygen atoms in total. The van der Waals surface area contributed by atoms with E-state index in [0.717, 1.165) is 19.5 Å². The molecule has 0 radical (unpaired) electrons. The second-order valence-corrected chi connectivity index (χ2v) is 7.99. The van der Waals surface area contributed by atoms with Crippen molar-refractivity contribution in [2.24, 2.45) is 11.1 Å². The Labute approximate surface area is 127 Å². The number of sulfonamides is 1. The highest BCUT2D eigenvalue weighted by molar-refractivity contribution is 7.89. The Morgan fingerprint density at radius 2 is 2.05 bits per heavy atom. The number of rotatable bonds is 6. The summed E-state index contributed by atoms with van der Waals surface area (Å²) in [6.45, 7) is 5.45. The second kappa shape index (κ2) is 7.07. The Morgan fingerprint density at radius 3 is 2.71 bits per heavy atom. The third-order valence-corrected chi connectivity index (χ3v) is 5.58. The van der Waals surface area contributed by atoms with Crippen molar-refractivity contribution in [3.63, 3.8) is 0 Å². The van der Waals surface area contributed by atoms with Crippen molar-refractivity contribution in [3.8, 4) is 0 Å². The Balaban J connectivity index is 1.81. The number of nitrogens with zero attached hydrogens (tertiary/aromatic N) is 2. The fourth-order valence-corrected chi connectivity index (χ4v) is 4.46. The monoisotopic (exact) mass is 317 g/mol. The van der Waals surface area contributed by atoms with Crippen LogP contribution in [0, 0.1) is 5.92 Å². The molecule has 21 heavy (non-hydrogen) atoms. The number of carbonyl (C=O) groups is 1. The predicted octanol–water partition coefficient (Wildman–Crippen LogP) is 0.388. The molecule has 2 N–H and O–H groups in total. The molecule has 0 spiro atoms. The molecule has 2 atom stereocenters. The lowest BCUT2D eigenvalue weighted by atomic mass is 10.0. The summed E-state index contributed by atoms with van der Waals surface area (Å²) in [5.41, 5.74) is 0. The molecule has 2 aliphatic rings. The van der Waals surface area contributed by atoms with Crippen LogP contribution >= 0.6 is 0 Å². The average Bonchev–Trinajstić information content (AvgIpc) is 2.74. The van der Waals surface area contributed by atoms with Crippen LogP contribution in [0.2, 0.25) is 0 Å². The number of primary sulfonamides is 1. The molecule has 2 aliphatic heterocycles. The summed E-state index contributed by atoms with van der Waals surface area (Å²) in [7, 11) is -3.49. The third kappa shape index (κ3) is 4.93. The van der Waals surface area contributed by atoms with Gasteiger partial charge in [-0.3, -0.25) is 9.69 Å². The molecule has 0 aromatic rings. The maximum absolute atomic E-state index is 12.0. The van der Waals surface area contributed by atoms with E-state index < -0.39 is 10.0 Å². The molecule has 0 saturated carbocycles. The molecule has 2 rings (SSSR count). The van der Waals surface area contributed by atoms with Gasteiger partial charge in [0.25, 0.3) is 0 Å². The van der Waals surface area contributed by atoms with Crippen LogP contribution in [0.15, 0.2) is 0 Å². The molecular weight excluding hydrogens is 290 g/mol. The number of nitrogens with two attached hydrogens (primary N) is 1. The van der Waals surface area contributed by atoms with Crippen molar-refractivity contribution in [2.75, 3.05) is 31.9 Å². The van der Waals surface area contributed by atoms with Crippen molar-refractivity contribution in [2.45, 2.75) is 45.1 Å². The van der Waals surface area contributed by atoms with E-state index in [9.17, 15) is 13.2 Å². The van der Waals surface area contributed by atoms with Crippen molar-refractivity contribution < 1.29 is 13.2 Å². The molecule has 2 fully saturated rings. The topological polar surface area (TPSA) is 83.7 Å². The summed E-state index contributed by atoms with van der Waals surface area (Å²) in [5.74, 6) is -0.166. The minimum Gasteiger partial charge on any atom is -0.341 e. The van der Waals surface area contributed by atoms with Crippen LogP contribution in [0.1, 0.15) is 39.0 Å². The fraction of sp³-hybridized carbons (Fsp3) is 0.929. The van der Waals surface area contributed by atoms with Crippen molar-refractivity contribution >= 4 is 15.9 Å². The summed E-state index contributed by atoms with van der Waals surface area (Å²) in [6, 6.07) is 0.636. The van der Waals surface area contributed by atoms with E-state index in [1.54, 1.807) is 4.90 Å². The van der Waals surface area contributed by atoms with Crippen molar-refractivity contribution in [1.29, 1.82) is 0 Å². The molecule has 0 bridgehead atoms. The smallest absolute Gasteiger partial charge is 0.223 e. The van der Waals surface area contributed by atoms with Gasteiger partial charge >= 0.3 is 0 Å². The van der Waals surface area contributed by atoms with Crippen LogP contribution in [0.5, 0.6) is 0 Å². The van der Waals surface area contributed by atoms with E-state index in [-0.39, 0.29) is 17.6 Å². The highest BCUT2D eigenvalue weighted by atomic mass is 32.2. The molecular formula is C14H27N3O3S. The lowest BCUT2D eigenvalue weighted by molar-refractivity contribution is -0.128. The van der Waals surface area contributed by atoms with E-state index in [1.807, 2.05) is 0 Å². The van der Waals surface area contributed by atoms with Crippen LogP contribution < -0.4 is 5.14 Å².